The minimum Gasteiger partial charge on any atom is -0.494 e. The quantitative estimate of drug-likeness (QED) is 0.349. The first-order valence-corrected chi connectivity index (χ1v) is 11.6. The Labute approximate surface area is 220 Å². The van der Waals surface area contributed by atoms with Crippen LogP contribution >= 0.6 is 0 Å². The van der Waals surface area contributed by atoms with Gasteiger partial charge in [-0.15, -0.1) is 10.2 Å². The molecule has 204 valence electrons. The SMILES string of the molecule is C=C(C(=O)C(=O)N1CCC(=C(c2ccccc2)c2nnc(C(F)(F)F)o2)CC1)c1c(OC)cnc(OC)c1N. The molecule has 39 heavy (non-hydrogen) atoms. The summed E-state index contributed by atoms with van der Waals surface area (Å²) in [6.45, 7) is 4.00. The van der Waals surface area contributed by atoms with Crippen molar-refractivity contribution in [3.63, 3.8) is 0 Å². The molecule has 10 nitrogen and oxygen atoms in total. The van der Waals surface area contributed by atoms with Crippen LogP contribution in [0.4, 0.5) is 18.9 Å². The van der Waals surface area contributed by atoms with Crippen molar-refractivity contribution in [1.29, 1.82) is 0 Å². The number of carbonyl (C=O) groups is 2. The van der Waals surface area contributed by atoms with Crippen LogP contribution in [0.3, 0.4) is 0 Å². The van der Waals surface area contributed by atoms with Crippen molar-refractivity contribution in [1.82, 2.24) is 20.1 Å². The molecule has 0 radical (unpaired) electrons. The number of halogens is 3. The zero-order valence-electron chi connectivity index (χ0n) is 21.0. The molecule has 13 heteroatoms. The molecule has 1 amide bonds. The zero-order valence-corrected chi connectivity index (χ0v) is 21.0. The van der Waals surface area contributed by atoms with Gasteiger partial charge in [-0.1, -0.05) is 42.5 Å². The van der Waals surface area contributed by atoms with Crippen LogP contribution in [-0.2, 0) is 15.8 Å². The summed E-state index contributed by atoms with van der Waals surface area (Å²) < 4.78 is 54.6. The number of carbonyl (C=O) groups excluding carboxylic acids is 2. The van der Waals surface area contributed by atoms with Crippen molar-refractivity contribution in [2.45, 2.75) is 19.0 Å². The summed E-state index contributed by atoms with van der Waals surface area (Å²) in [5.74, 6) is -3.24. The van der Waals surface area contributed by atoms with Gasteiger partial charge in [0.25, 0.3) is 11.7 Å². The molecule has 1 fully saturated rings. The maximum absolute atomic E-state index is 13.1. The first-order valence-electron chi connectivity index (χ1n) is 11.6. The average Bonchev–Trinajstić information content (AvgIpc) is 3.43. The number of methoxy groups -OCH3 is 2. The summed E-state index contributed by atoms with van der Waals surface area (Å²) in [4.78, 5) is 31.5. The van der Waals surface area contributed by atoms with Crippen LogP contribution in [0.5, 0.6) is 11.6 Å². The fourth-order valence-electron chi connectivity index (χ4n) is 4.26. The van der Waals surface area contributed by atoms with E-state index in [1.54, 1.807) is 30.3 Å². The smallest absolute Gasteiger partial charge is 0.470 e. The predicted octanol–water partition coefficient (Wildman–Crippen LogP) is 3.79. The molecule has 1 aromatic carbocycles. The Hall–Kier alpha value is -4.68. The second-order valence-electron chi connectivity index (χ2n) is 8.48. The largest absolute Gasteiger partial charge is 0.494 e. The van der Waals surface area contributed by atoms with Gasteiger partial charge in [-0.25, -0.2) is 4.98 Å². The van der Waals surface area contributed by atoms with Gasteiger partial charge in [0.15, 0.2) is 0 Å². The van der Waals surface area contributed by atoms with Gasteiger partial charge in [0.1, 0.15) is 11.4 Å². The number of nitrogens with zero attached hydrogens (tertiary/aromatic N) is 4. The molecule has 0 atom stereocenters. The topological polar surface area (TPSA) is 134 Å². The molecule has 3 heterocycles. The van der Waals surface area contributed by atoms with E-state index in [1.165, 1.54) is 25.3 Å². The lowest BCUT2D eigenvalue weighted by Crippen LogP contribution is -2.41. The van der Waals surface area contributed by atoms with E-state index in [-0.39, 0.29) is 60.3 Å². The molecule has 0 bridgehead atoms. The van der Waals surface area contributed by atoms with Gasteiger partial charge in [0.05, 0.1) is 26.0 Å². The number of hydrogen-bond acceptors (Lipinski definition) is 9. The van der Waals surface area contributed by atoms with E-state index in [9.17, 15) is 22.8 Å². The minimum atomic E-state index is -4.79. The van der Waals surface area contributed by atoms with E-state index < -0.39 is 23.8 Å². The zero-order chi connectivity index (χ0) is 28.3. The Kier molecular flexibility index (Phi) is 7.70. The lowest BCUT2D eigenvalue weighted by molar-refractivity contribution is -0.157. The van der Waals surface area contributed by atoms with Crippen LogP contribution in [0.15, 0.2) is 53.1 Å². The van der Waals surface area contributed by atoms with Gasteiger partial charge >= 0.3 is 12.1 Å². The first-order chi connectivity index (χ1) is 18.6. The lowest BCUT2D eigenvalue weighted by Gasteiger charge is -2.29. The van der Waals surface area contributed by atoms with E-state index >= 15 is 0 Å². The molecular weight excluding hydrogens is 519 g/mol. The number of nitrogen functional groups attached to an aromatic ring is 1. The van der Waals surface area contributed by atoms with E-state index in [4.69, 9.17) is 19.6 Å². The van der Waals surface area contributed by atoms with Gasteiger partial charge in [0, 0.05) is 24.2 Å². The molecule has 1 aliphatic rings. The average molecular weight is 544 g/mol. The van der Waals surface area contributed by atoms with Crippen LogP contribution in [0.1, 0.15) is 35.7 Å². The number of nitrogens with two attached hydrogens (primary N) is 1. The summed E-state index contributed by atoms with van der Waals surface area (Å²) in [5, 5.41) is 6.78. The monoisotopic (exact) mass is 543 g/mol. The number of ketones is 1. The van der Waals surface area contributed by atoms with E-state index in [0.717, 1.165) is 0 Å². The molecule has 1 aliphatic heterocycles. The standard InChI is InChI=1S/C26H24F3N5O5/c1-14(18-17(37-2)13-31-23(38-3)20(18)30)21(35)24(36)34-11-9-16(10-12-34)19(15-7-5-4-6-8-15)22-32-33-25(39-22)26(27,28)29/h4-8,13H,1,9-12,30H2,2-3H3. The Morgan fingerprint density at radius 1 is 1.08 bits per heavy atom. The number of benzene rings is 1. The molecule has 1 saturated heterocycles. The molecule has 3 aromatic rings. The van der Waals surface area contributed by atoms with Crippen molar-refractivity contribution in [2.75, 3.05) is 33.0 Å². The third kappa shape index (κ3) is 5.47. The third-order valence-corrected chi connectivity index (χ3v) is 6.18. The summed E-state index contributed by atoms with van der Waals surface area (Å²) in [7, 11) is 2.71. The van der Waals surface area contributed by atoms with E-state index in [1.807, 2.05) is 0 Å². The predicted molar refractivity (Wildman–Crippen MR) is 133 cm³/mol. The fourth-order valence-corrected chi connectivity index (χ4v) is 4.26. The number of Topliss-reactive ketones (excluding diaryl/α,β-unsaturated/α-hetero) is 1. The number of likely N-dealkylation sites (tertiary alicyclic amines) is 1. The number of rotatable bonds is 7. The Morgan fingerprint density at radius 2 is 1.74 bits per heavy atom. The van der Waals surface area contributed by atoms with Crippen LogP contribution < -0.4 is 15.2 Å². The highest BCUT2D eigenvalue weighted by molar-refractivity contribution is 6.53. The Morgan fingerprint density at radius 3 is 2.31 bits per heavy atom. The highest BCUT2D eigenvalue weighted by Crippen LogP contribution is 2.37. The van der Waals surface area contributed by atoms with Crippen molar-refractivity contribution in [3.8, 4) is 11.6 Å². The first kappa shape index (κ1) is 27.4. The number of aromatic nitrogens is 3. The van der Waals surface area contributed by atoms with Crippen molar-refractivity contribution in [2.24, 2.45) is 0 Å². The van der Waals surface area contributed by atoms with Crippen molar-refractivity contribution in [3.05, 3.63) is 71.6 Å². The normalized spacial score (nSPS) is 13.7. The number of anilines is 1. The molecule has 4 rings (SSSR count). The van der Waals surface area contributed by atoms with Gasteiger partial charge in [-0.05, 0) is 18.4 Å². The van der Waals surface area contributed by atoms with Gasteiger partial charge in [0.2, 0.25) is 11.8 Å². The summed E-state index contributed by atoms with van der Waals surface area (Å²) in [6.07, 6.45) is -2.97. The number of piperidine rings is 1. The molecule has 0 spiro atoms. The van der Waals surface area contributed by atoms with E-state index in [2.05, 4.69) is 21.8 Å². The third-order valence-electron chi connectivity index (χ3n) is 6.18. The lowest BCUT2D eigenvalue weighted by atomic mass is 9.92. The molecule has 0 aliphatic carbocycles. The fraction of sp³-hybridized carbons (Fsp3) is 0.269. The highest BCUT2D eigenvalue weighted by atomic mass is 19.4. The molecule has 2 N–H and O–H groups in total. The van der Waals surface area contributed by atoms with Crippen LogP contribution in [0, 0.1) is 0 Å². The molecular formula is C26H24F3N5O5. The second-order valence-corrected chi connectivity index (χ2v) is 8.48. The van der Waals surface area contributed by atoms with Crippen LogP contribution in [0.25, 0.3) is 11.1 Å². The van der Waals surface area contributed by atoms with Crippen LogP contribution in [-0.4, -0.2) is 59.1 Å². The van der Waals surface area contributed by atoms with Gasteiger partial charge in [-0.3, -0.25) is 9.59 Å². The summed E-state index contributed by atoms with van der Waals surface area (Å²) >= 11 is 0. The highest BCUT2D eigenvalue weighted by Gasteiger charge is 2.39. The summed E-state index contributed by atoms with van der Waals surface area (Å²) in [6, 6.07) is 8.65. The Bertz CT molecular complexity index is 1440. The van der Waals surface area contributed by atoms with Crippen molar-refractivity contribution >= 4 is 28.5 Å². The minimum absolute atomic E-state index is 0.00264. The molecule has 0 saturated carbocycles. The number of ether oxygens (including phenoxy) is 2. The Balaban J connectivity index is 1.58. The number of alkyl halides is 3. The van der Waals surface area contributed by atoms with Gasteiger partial charge < -0.3 is 24.5 Å². The number of amides is 1. The number of pyridine rings is 1. The van der Waals surface area contributed by atoms with Crippen LogP contribution in [0.2, 0.25) is 0 Å². The van der Waals surface area contributed by atoms with E-state index in [0.29, 0.717) is 16.7 Å². The molecule has 0 unspecified atom stereocenters. The second kappa shape index (κ2) is 11.0. The number of hydrogen-bond donors (Lipinski definition) is 1. The maximum Gasteiger partial charge on any atom is 0.470 e. The van der Waals surface area contributed by atoms with Crippen molar-refractivity contribution < 1.29 is 36.7 Å². The van der Waals surface area contributed by atoms with Gasteiger partial charge in [-0.2, -0.15) is 13.2 Å². The summed E-state index contributed by atoms with van der Waals surface area (Å²) in [5.41, 5.74) is 7.64. The molecule has 2 aromatic heterocycles. The maximum atomic E-state index is 13.1.